The summed E-state index contributed by atoms with van der Waals surface area (Å²) in [7, 11) is 1.55. The van der Waals surface area contributed by atoms with Gasteiger partial charge in [-0.15, -0.1) is 0 Å². The number of nitrogens with one attached hydrogen (secondary N) is 2. The molecule has 94 valence electrons. The summed E-state index contributed by atoms with van der Waals surface area (Å²) < 4.78 is 4.91. The molecule has 1 amide bonds. The summed E-state index contributed by atoms with van der Waals surface area (Å²) in [6, 6.07) is -0.451. The summed E-state index contributed by atoms with van der Waals surface area (Å²) in [5, 5.41) is 15.1. The van der Waals surface area contributed by atoms with Gasteiger partial charge in [0.2, 0.25) is 5.91 Å². The van der Waals surface area contributed by atoms with E-state index in [-0.39, 0.29) is 24.6 Å². The van der Waals surface area contributed by atoms with Gasteiger partial charge in [-0.25, -0.2) is 0 Å². The molecule has 1 heterocycles. The van der Waals surface area contributed by atoms with E-state index in [9.17, 15) is 4.79 Å². The molecule has 3 atom stereocenters. The minimum absolute atomic E-state index is 0.0386. The van der Waals surface area contributed by atoms with Gasteiger partial charge in [-0.05, 0) is 25.3 Å². The van der Waals surface area contributed by atoms with Crippen molar-refractivity contribution in [1.29, 1.82) is 0 Å². The highest BCUT2D eigenvalue weighted by Gasteiger charge is 2.28. The monoisotopic (exact) mass is 230 g/mol. The van der Waals surface area contributed by atoms with Crippen LogP contribution in [0.1, 0.15) is 19.8 Å². The Kier molecular flexibility index (Phi) is 5.73. The number of hydrogen-bond acceptors (Lipinski definition) is 4. The summed E-state index contributed by atoms with van der Waals surface area (Å²) >= 11 is 0. The first-order chi connectivity index (χ1) is 7.69. The quantitative estimate of drug-likeness (QED) is 0.595. The van der Waals surface area contributed by atoms with Gasteiger partial charge < -0.3 is 20.5 Å². The third kappa shape index (κ3) is 3.73. The number of ether oxygens (including phenoxy) is 1. The van der Waals surface area contributed by atoms with Crippen LogP contribution in [-0.2, 0) is 9.53 Å². The fourth-order valence-electron chi connectivity index (χ4n) is 2.03. The Morgan fingerprint density at radius 2 is 2.44 bits per heavy atom. The zero-order valence-electron chi connectivity index (χ0n) is 10.0. The molecule has 0 aliphatic carbocycles. The Morgan fingerprint density at radius 3 is 3.00 bits per heavy atom. The molecule has 0 bridgehead atoms. The van der Waals surface area contributed by atoms with Crippen LogP contribution in [0, 0.1) is 5.92 Å². The van der Waals surface area contributed by atoms with E-state index in [2.05, 4.69) is 17.6 Å². The number of rotatable bonds is 5. The number of methoxy groups -OCH3 is 1. The van der Waals surface area contributed by atoms with Crippen LogP contribution in [0.4, 0.5) is 0 Å². The fraction of sp³-hybridized carbons (Fsp3) is 0.909. The highest BCUT2D eigenvalue weighted by Crippen LogP contribution is 2.15. The van der Waals surface area contributed by atoms with Gasteiger partial charge in [0, 0.05) is 7.11 Å². The van der Waals surface area contributed by atoms with Gasteiger partial charge >= 0.3 is 0 Å². The van der Waals surface area contributed by atoms with Gasteiger partial charge in [0.25, 0.3) is 0 Å². The molecule has 1 fully saturated rings. The molecule has 3 N–H and O–H groups in total. The SMILES string of the molecule is COCC(CO)NC(=O)C1NCCCC1C. The first-order valence-corrected chi connectivity index (χ1v) is 5.82. The van der Waals surface area contributed by atoms with Crippen molar-refractivity contribution in [3.05, 3.63) is 0 Å². The Balaban J connectivity index is 2.42. The van der Waals surface area contributed by atoms with Crippen molar-refractivity contribution >= 4 is 5.91 Å². The molecule has 3 unspecified atom stereocenters. The van der Waals surface area contributed by atoms with Gasteiger partial charge in [0.15, 0.2) is 0 Å². The maximum absolute atomic E-state index is 11.9. The number of aliphatic hydroxyl groups excluding tert-OH is 1. The zero-order chi connectivity index (χ0) is 12.0. The third-order valence-corrected chi connectivity index (χ3v) is 2.99. The van der Waals surface area contributed by atoms with Crippen molar-refractivity contribution in [2.24, 2.45) is 5.92 Å². The molecule has 1 rings (SSSR count). The molecule has 5 heteroatoms. The summed E-state index contributed by atoms with van der Waals surface area (Å²) in [6.07, 6.45) is 2.19. The summed E-state index contributed by atoms with van der Waals surface area (Å²) in [6.45, 7) is 3.20. The van der Waals surface area contributed by atoms with E-state index in [1.807, 2.05) is 0 Å². The van der Waals surface area contributed by atoms with Gasteiger partial charge in [0.1, 0.15) is 0 Å². The van der Waals surface area contributed by atoms with Crippen LogP contribution in [0.5, 0.6) is 0 Å². The smallest absolute Gasteiger partial charge is 0.237 e. The highest BCUT2D eigenvalue weighted by molar-refractivity contribution is 5.82. The molecule has 0 aromatic heterocycles. The van der Waals surface area contributed by atoms with Crippen LogP contribution >= 0.6 is 0 Å². The van der Waals surface area contributed by atoms with Gasteiger partial charge in [-0.3, -0.25) is 4.79 Å². The van der Waals surface area contributed by atoms with Gasteiger partial charge in [-0.1, -0.05) is 6.92 Å². The molecule has 0 aromatic rings. The predicted octanol–water partition coefficient (Wildman–Crippen LogP) is -0.502. The second kappa shape index (κ2) is 6.83. The van der Waals surface area contributed by atoms with E-state index in [1.54, 1.807) is 7.11 Å². The number of amides is 1. The van der Waals surface area contributed by atoms with Crippen LogP contribution in [0.15, 0.2) is 0 Å². The molecule has 0 saturated carbocycles. The number of aliphatic hydroxyl groups is 1. The van der Waals surface area contributed by atoms with E-state index in [1.165, 1.54) is 0 Å². The van der Waals surface area contributed by atoms with Gasteiger partial charge in [0.05, 0.1) is 25.3 Å². The minimum atomic E-state index is -0.312. The number of hydrogen-bond donors (Lipinski definition) is 3. The predicted molar refractivity (Wildman–Crippen MR) is 61.1 cm³/mol. The molecule has 0 spiro atoms. The average molecular weight is 230 g/mol. The third-order valence-electron chi connectivity index (χ3n) is 2.99. The van der Waals surface area contributed by atoms with Crippen molar-refractivity contribution in [3.63, 3.8) is 0 Å². The summed E-state index contributed by atoms with van der Waals surface area (Å²) in [4.78, 5) is 11.9. The van der Waals surface area contributed by atoms with E-state index >= 15 is 0 Å². The molecule has 0 aromatic carbocycles. The second-order valence-electron chi connectivity index (χ2n) is 4.39. The molecule has 0 radical (unpaired) electrons. The Labute approximate surface area is 96.6 Å². The first kappa shape index (κ1) is 13.4. The van der Waals surface area contributed by atoms with Crippen LogP contribution in [-0.4, -0.2) is 50.0 Å². The molecule has 1 aliphatic rings. The molecular formula is C11H22N2O3. The van der Waals surface area contributed by atoms with E-state index in [0.29, 0.717) is 12.5 Å². The molecule has 5 nitrogen and oxygen atoms in total. The average Bonchev–Trinajstić information content (AvgIpc) is 2.28. The standard InChI is InChI=1S/C11H22N2O3/c1-8-4-3-5-12-10(8)11(15)13-9(6-14)7-16-2/h8-10,12,14H,3-7H2,1-2H3,(H,13,15). The van der Waals surface area contributed by atoms with Crippen LogP contribution in [0.3, 0.4) is 0 Å². The largest absolute Gasteiger partial charge is 0.394 e. The molecular weight excluding hydrogens is 208 g/mol. The maximum atomic E-state index is 11.9. The fourth-order valence-corrected chi connectivity index (χ4v) is 2.03. The maximum Gasteiger partial charge on any atom is 0.237 e. The van der Waals surface area contributed by atoms with E-state index in [4.69, 9.17) is 9.84 Å². The highest BCUT2D eigenvalue weighted by atomic mass is 16.5. The lowest BCUT2D eigenvalue weighted by Gasteiger charge is -2.30. The Hall–Kier alpha value is -0.650. The number of carbonyl (C=O) groups is 1. The van der Waals surface area contributed by atoms with Crippen molar-refractivity contribution < 1.29 is 14.6 Å². The Morgan fingerprint density at radius 1 is 1.69 bits per heavy atom. The molecule has 1 aliphatic heterocycles. The lowest BCUT2D eigenvalue weighted by atomic mass is 9.92. The Bertz CT molecular complexity index is 223. The van der Waals surface area contributed by atoms with Crippen LogP contribution in [0.2, 0.25) is 0 Å². The normalized spacial score (nSPS) is 27.4. The molecule has 16 heavy (non-hydrogen) atoms. The van der Waals surface area contributed by atoms with E-state index in [0.717, 1.165) is 19.4 Å². The lowest BCUT2D eigenvalue weighted by Crippen LogP contribution is -2.54. The number of carbonyl (C=O) groups excluding carboxylic acids is 1. The van der Waals surface area contributed by atoms with Crippen molar-refractivity contribution in [2.75, 3.05) is 26.9 Å². The summed E-state index contributed by atoms with van der Waals surface area (Å²) in [5.74, 6) is 0.305. The molecule has 1 saturated heterocycles. The van der Waals surface area contributed by atoms with Gasteiger partial charge in [-0.2, -0.15) is 0 Å². The van der Waals surface area contributed by atoms with Crippen molar-refractivity contribution in [3.8, 4) is 0 Å². The van der Waals surface area contributed by atoms with Crippen LogP contribution < -0.4 is 10.6 Å². The summed E-state index contributed by atoms with van der Waals surface area (Å²) in [5.41, 5.74) is 0. The number of piperidine rings is 1. The van der Waals surface area contributed by atoms with Crippen molar-refractivity contribution in [2.45, 2.75) is 31.8 Å². The lowest BCUT2D eigenvalue weighted by molar-refractivity contribution is -0.126. The van der Waals surface area contributed by atoms with Crippen LogP contribution in [0.25, 0.3) is 0 Å². The minimum Gasteiger partial charge on any atom is -0.394 e. The van der Waals surface area contributed by atoms with E-state index < -0.39 is 0 Å². The topological polar surface area (TPSA) is 70.6 Å². The zero-order valence-corrected chi connectivity index (χ0v) is 10.0. The second-order valence-corrected chi connectivity index (χ2v) is 4.39. The first-order valence-electron chi connectivity index (χ1n) is 5.82. The van der Waals surface area contributed by atoms with Crippen molar-refractivity contribution in [1.82, 2.24) is 10.6 Å².